The Morgan fingerprint density at radius 3 is 2.57 bits per heavy atom. The second-order valence-corrected chi connectivity index (χ2v) is 6.86. The summed E-state index contributed by atoms with van der Waals surface area (Å²) < 4.78 is 11.3. The molecule has 0 radical (unpaired) electrons. The average Bonchev–Trinajstić information content (AvgIpc) is 2.77. The van der Waals surface area contributed by atoms with Gasteiger partial charge in [-0.25, -0.2) is 4.98 Å². The number of anilines is 1. The van der Waals surface area contributed by atoms with Crippen LogP contribution in [0.15, 0.2) is 72.9 Å². The number of pyridine rings is 1. The Labute approximate surface area is 177 Å². The minimum Gasteiger partial charge on any atom is -0.483 e. The molecule has 30 heavy (non-hydrogen) atoms. The lowest BCUT2D eigenvalue weighted by molar-refractivity contribution is -0.118. The molecule has 0 fully saturated rings. The molecule has 3 rings (SSSR count). The van der Waals surface area contributed by atoms with E-state index in [-0.39, 0.29) is 12.5 Å². The Hall–Kier alpha value is -3.38. The number of aryl methyl sites for hydroxylation is 1. The number of para-hydroxylation sites is 1. The fraction of sp³-hybridized carbons (Fsp3) is 0.250. The van der Waals surface area contributed by atoms with E-state index in [0.29, 0.717) is 24.8 Å². The quantitative estimate of drug-likeness (QED) is 0.473. The molecule has 1 aromatic heterocycles. The maximum absolute atomic E-state index is 12.2. The lowest BCUT2D eigenvalue weighted by Gasteiger charge is -2.12. The first-order chi connectivity index (χ1) is 14.7. The minimum atomic E-state index is -0.187. The standard InChI is InChI=1S/C24H27N3O3/c1-19-10-12-21(13-11-19)27-23(28)18-30-22-8-3-2-7-20(22)17-25-14-6-16-29-24-9-4-5-15-26-24/h2-5,7-13,15,25H,6,14,16-18H2,1H3,(H,27,28). The highest BCUT2D eigenvalue weighted by molar-refractivity contribution is 5.91. The lowest BCUT2D eigenvalue weighted by atomic mass is 10.2. The second kappa shape index (κ2) is 11.6. The molecular formula is C24H27N3O3. The highest BCUT2D eigenvalue weighted by Gasteiger charge is 2.07. The molecule has 3 aromatic rings. The average molecular weight is 405 g/mol. The number of nitrogens with zero attached hydrogens (tertiary/aromatic N) is 1. The van der Waals surface area contributed by atoms with Crippen LogP contribution in [-0.4, -0.2) is 30.6 Å². The summed E-state index contributed by atoms with van der Waals surface area (Å²) in [4.78, 5) is 16.3. The van der Waals surface area contributed by atoms with Crippen LogP contribution in [0.3, 0.4) is 0 Å². The first-order valence-electron chi connectivity index (χ1n) is 10.0. The Morgan fingerprint density at radius 1 is 0.967 bits per heavy atom. The van der Waals surface area contributed by atoms with E-state index in [2.05, 4.69) is 15.6 Å². The molecular weight excluding hydrogens is 378 g/mol. The number of nitrogens with one attached hydrogen (secondary N) is 2. The maximum atomic E-state index is 12.2. The molecule has 6 nitrogen and oxygen atoms in total. The van der Waals surface area contributed by atoms with Gasteiger partial charge in [-0.3, -0.25) is 4.79 Å². The van der Waals surface area contributed by atoms with Gasteiger partial charge in [-0.15, -0.1) is 0 Å². The monoisotopic (exact) mass is 405 g/mol. The summed E-state index contributed by atoms with van der Waals surface area (Å²) in [7, 11) is 0. The maximum Gasteiger partial charge on any atom is 0.262 e. The lowest BCUT2D eigenvalue weighted by Crippen LogP contribution is -2.21. The number of amides is 1. The van der Waals surface area contributed by atoms with Gasteiger partial charge < -0.3 is 20.1 Å². The molecule has 2 aromatic carbocycles. The van der Waals surface area contributed by atoms with Crippen LogP contribution < -0.4 is 20.1 Å². The largest absolute Gasteiger partial charge is 0.483 e. The Bertz CT molecular complexity index is 914. The first-order valence-corrected chi connectivity index (χ1v) is 10.0. The summed E-state index contributed by atoms with van der Waals surface area (Å²) >= 11 is 0. The van der Waals surface area contributed by atoms with Crippen LogP contribution in [-0.2, 0) is 11.3 Å². The van der Waals surface area contributed by atoms with Crippen LogP contribution >= 0.6 is 0 Å². The van der Waals surface area contributed by atoms with Gasteiger partial charge in [0, 0.05) is 30.1 Å². The van der Waals surface area contributed by atoms with Crippen LogP contribution in [0.2, 0.25) is 0 Å². The number of ether oxygens (including phenoxy) is 2. The summed E-state index contributed by atoms with van der Waals surface area (Å²) in [5, 5.41) is 6.22. The summed E-state index contributed by atoms with van der Waals surface area (Å²) in [5.74, 6) is 1.15. The predicted octanol–water partition coefficient (Wildman–Crippen LogP) is 3.97. The van der Waals surface area contributed by atoms with Crippen molar-refractivity contribution in [3.8, 4) is 11.6 Å². The molecule has 0 bridgehead atoms. The van der Waals surface area contributed by atoms with E-state index in [0.717, 1.165) is 29.8 Å². The Balaban J connectivity index is 1.38. The van der Waals surface area contributed by atoms with Gasteiger partial charge in [0.1, 0.15) is 5.75 Å². The molecule has 0 aliphatic heterocycles. The number of carbonyl (C=O) groups is 1. The van der Waals surface area contributed by atoms with Crippen LogP contribution in [0.5, 0.6) is 11.6 Å². The van der Waals surface area contributed by atoms with E-state index in [1.807, 2.05) is 73.7 Å². The third-order valence-electron chi connectivity index (χ3n) is 4.37. The summed E-state index contributed by atoms with van der Waals surface area (Å²) in [6.45, 7) is 4.02. The minimum absolute atomic E-state index is 0.0389. The van der Waals surface area contributed by atoms with Crippen molar-refractivity contribution >= 4 is 11.6 Å². The van der Waals surface area contributed by atoms with Gasteiger partial charge in [0.2, 0.25) is 5.88 Å². The highest BCUT2D eigenvalue weighted by Crippen LogP contribution is 2.18. The van der Waals surface area contributed by atoms with Gasteiger partial charge >= 0.3 is 0 Å². The van der Waals surface area contributed by atoms with Crippen LogP contribution in [0.4, 0.5) is 5.69 Å². The SMILES string of the molecule is Cc1ccc(NC(=O)COc2ccccc2CNCCCOc2ccccn2)cc1. The van der Waals surface area contributed by atoms with Gasteiger partial charge in [-0.2, -0.15) is 0 Å². The van der Waals surface area contributed by atoms with E-state index in [4.69, 9.17) is 9.47 Å². The van der Waals surface area contributed by atoms with Crippen LogP contribution in [0, 0.1) is 6.92 Å². The van der Waals surface area contributed by atoms with Crippen molar-refractivity contribution in [3.05, 3.63) is 84.1 Å². The predicted molar refractivity (Wildman–Crippen MR) is 118 cm³/mol. The van der Waals surface area contributed by atoms with E-state index >= 15 is 0 Å². The van der Waals surface area contributed by atoms with Crippen LogP contribution in [0.25, 0.3) is 0 Å². The second-order valence-electron chi connectivity index (χ2n) is 6.86. The molecule has 0 aliphatic carbocycles. The molecule has 6 heteroatoms. The number of hydrogen-bond acceptors (Lipinski definition) is 5. The molecule has 0 aliphatic rings. The van der Waals surface area contributed by atoms with E-state index in [1.165, 1.54) is 0 Å². The molecule has 0 spiro atoms. The molecule has 1 amide bonds. The van der Waals surface area contributed by atoms with E-state index < -0.39 is 0 Å². The van der Waals surface area contributed by atoms with Crippen molar-refractivity contribution in [1.82, 2.24) is 10.3 Å². The fourth-order valence-corrected chi connectivity index (χ4v) is 2.80. The van der Waals surface area contributed by atoms with Crippen molar-refractivity contribution in [2.24, 2.45) is 0 Å². The van der Waals surface area contributed by atoms with Crippen molar-refractivity contribution in [3.63, 3.8) is 0 Å². The van der Waals surface area contributed by atoms with Gasteiger partial charge in [-0.05, 0) is 44.2 Å². The molecule has 2 N–H and O–H groups in total. The third kappa shape index (κ3) is 7.22. The smallest absolute Gasteiger partial charge is 0.262 e. The number of aromatic nitrogens is 1. The fourth-order valence-electron chi connectivity index (χ4n) is 2.80. The zero-order valence-electron chi connectivity index (χ0n) is 17.1. The zero-order valence-corrected chi connectivity index (χ0v) is 17.1. The van der Waals surface area contributed by atoms with Gasteiger partial charge in [0.05, 0.1) is 6.61 Å². The Kier molecular flexibility index (Phi) is 8.23. The molecule has 0 saturated carbocycles. The summed E-state index contributed by atoms with van der Waals surface area (Å²) in [5.41, 5.74) is 2.91. The number of rotatable bonds is 11. The molecule has 156 valence electrons. The number of hydrogen-bond donors (Lipinski definition) is 2. The highest BCUT2D eigenvalue weighted by atomic mass is 16.5. The molecule has 0 unspecified atom stereocenters. The number of carbonyl (C=O) groups excluding carboxylic acids is 1. The summed E-state index contributed by atoms with van der Waals surface area (Å²) in [6.07, 6.45) is 2.57. The van der Waals surface area contributed by atoms with E-state index in [1.54, 1.807) is 6.20 Å². The van der Waals surface area contributed by atoms with Crippen molar-refractivity contribution in [2.45, 2.75) is 19.9 Å². The molecule has 0 saturated heterocycles. The van der Waals surface area contributed by atoms with Crippen molar-refractivity contribution in [1.29, 1.82) is 0 Å². The normalized spacial score (nSPS) is 10.4. The van der Waals surface area contributed by atoms with Gasteiger partial charge in [0.15, 0.2) is 6.61 Å². The third-order valence-corrected chi connectivity index (χ3v) is 4.37. The summed E-state index contributed by atoms with van der Waals surface area (Å²) in [6, 6.07) is 21.0. The molecule has 1 heterocycles. The van der Waals surface area contributed by atoms with E-state index in [9.17, 15) is 4.79 Å². The zero-order chi connectivity index (χ0) is 21.0. The van der Waals surface area contributed by atoms with Crippen molar-refractivity contribution in [2.75, 3.05) is 25.1 Å². The first kappa shape index (κ1) is 21.3. The van der Waals surface area contributed by atoms with Crippen molar-refractivity contribution < 1.29 is 14.3 Å². The topological polar surface area (TPSA) is 72.5 Å². The van der Waals surface area contributed by atoms with Crippen LogP contribution in [0.1, 0.15) is 17.5 Å². The van der Waals surface area contributed by atoms with Gasteiger partial charge in [0.25, 0.3) is 5.91 Å². The number of benzene rings is 2. The molecule has 0 atom stereocenters. The van der Waals surface area contributed by atoms with Gasteiger partial charge in [-0.1, -0.05) is 42.0 Å². The Morgan fingerprint density at radius 2 is 1.77 bits per heavy atom.